The van der Waals surface area contributed by atoms with Crippen LogP contribution in [0.4, 0.5) is 0 Å². The van der Waals surface area contributed by atoms with Crippen molar-refractivity contribution in [3.05, 3.63) is 30.1 Å². The number of pyridine rings is 1. The lowest BCUT2D eigenvalue weighted by Crippen LogP contribution is -2.45. The predicted molar refractivity (Wildman–Crippen MR) is 60.0 cm³/mol. The van der Waals surface area contributed by atoms with E-state index in [9.17, 15) is 9.90 Å². The summed E-state index contributed by atoms with van der Waals surface area (Å²) in [6.45, 7) is 3.06. The van der Waals surface area contributed by atoms with Crippen LogP contribution in [-0.2, 0) is 0 Å². The Labute approximate surface area is 94.9 Å². The van der Waals surface area contributed by atoms with Crippen molar-refractivity contribution in [2.75, 3.05) is 13.1 Å². The molecule has 0 spiro atoms. The van der Waals surface area contributed by atoms with Gasteiger partial charge in [0.2, 0.25) is 0 Å². The number of likely N-dealkylation sites (tertiary alicyclic amines) is 1. The van der Waals surface area contributed by atoms with Crippen molar-refractivity contribution < 1.29 is 9.90 Å². The summed E-state index contributed by atoms with van der Waals surface area (Å²) in [5.74, 6) is 0.0258. The fraction of sp³-hybridized carbons (Fsp3) is 0.500. The number of amides is 1. The summed E-state index contributed by atoms with van der Waals surface area (Å²) >= 11 is 0. The summed E-state index contributed by atoms with van der Waals surface area (Å²) in [5, 5.41) is 9.80. The number of piperidine rings is 1. The number of carbonyl (C=O) groups is 1. The highest BCUT2D eigenvalue weighted by atomic mass is 16.3. The molecule has 4 nitrogen and oxygen atoms in total. The maximum absolute atomic E-state index is 12.0. The minimum atomic E-state index is -0.616. The summed E-state index contributed by atoms with van der Waals surface area (Å²) < 4.78 is 0. The van der Waals surface area contributed by atoms with Gasteiger partial charge in [0.1, 0.15) is 0 Å². The van der Waals surface area contributed by atoms with E-state index in [-0.39, 0.29) is 5.91 Å². The smallest absolute Gasteiger partial charge is 0.253 e. The lowest BCUT2D eigenvalue weighted by Gasteiger charge is -2.35. The van der Waals surface area contributed by atoms with Gasteiger partial charge in [-0.15, -0.1) is 0 Å². The molecule has 0 atom stereocenters. The van der Waals surface area contributed by atoms with Crippen LogP contribution < -0.4 is 0 Å². The van der Waals surface area contributed by atoms with Crippen LogP contribution in [0.3, 0.4) is 0 Å². The normalized spacial score (nSPS) is 19.5. The van der Waals surface area contributed by atoms with Crippen molar-refractivity contribution in [1.82, 2.24) is 9.88 Å². The van der Waals surface area contributed by atoms with Crippen molar-refractivity contribution in [1.29, 1.82) is 0 Å². The summed E-state index contributed by atoms with van der Waals surface area (Å²) in [6, 6.07) is 3.43. The number of aromatic nitrogens is 1. The predicted octanol–water partition coefficient (Wildman–Crippen LogP) is 1.07. The molecule has 16 heavy (non-hydrogen) atoms. The molecule has 0 saturated carbocycles. The zero-order valence-corrected chi connectivity index (χ0v) is 9.39. The van der Waals surface area contributed by atoms with E-state index in [0.29, 0.717) is 31.5 Å². The summed E-state index contributed by atoms with van der Waals surface area (Å²) in [4.78, 5) is 17.7. The van der Waals surface area contributed by atoms with Gasteiger partial charge < -0.3 is 10.0 Å². The van der Waals surface area contributed by atoms with Crippen molar-refractivity contribution in [3.63, 3.8) is 0 Å². The van der Waals surface area contributed by atoms with Gasteiger partial charge in [-0.05, 0) is 31.9 Å². The lowest BCUT2D eigenvalue weighted by atomic mass is 9.93. The Morgan fingerprint density at radius 2 is 1.94 bits per heavy atom. The van der Waals surface area contributed by atoms with Gasteiger partial charge in [-0.3, -0.25) is 9.78 Å². The topological polar surface area (TPSA) is 53.4 Å². The maximum atomic E-state index is 12.0. The Hall–Kier alpha value is -1.42. The van der Waals surface area contributed by atoms with Gasteiger partial charge in [-0.2, -0.15) is 0 Å². The van der Waals surface area contributed by atoms with Crippen LogP contribution in [0.2, 0.25) is 0 Å². The Kier molecular flexibility index (Phi) is 2.92. The molecule has 1 aromatic heterocycles. The van der Waals surface area contributed by atoms with Crippen LogP contribution in [0, 0.1) is 0 Å². The Balaban J connectivity index is 2.03. The molecule has 1 fully saturated rings. The Morgan fingerprint density at radius 1 is 1.38 bits per heavy atom. The molecule has 0 aliphatic carbocycles. The standard InChI is InChI=1S/C12H16N2O2/c1-12(16)4-8-14(9-5-12)11(15)10-2-6-13-7-3-10/h2-3,6-7,16H,4-5,8-9H2,1H3. The SMILES string of the molecule is CC1(O)CCN(C(=O)c2ccncc2)CC1. The third-order valence-corrected chi connectivity index (χ3v) is 3.06. The van der Waals surface area contributed by atoms with E-state index in [1.807, 2.05) is 6.92 Å². The van der Waals surface area contributed by atoms with Crippen LogP contribution in [0.15, 0.2) is 24.5 Å². The highest BCUT2D eigenvalue weighted by Crippen LogP contribution is 2.22. The van der Waals surface area contributed by atoms with Crippen molar-refractivity contribution in [2.45, 2.75) is 25.4 Å². The van der Waals surface area contributed by atoms with E-state index >= 15 is 0 Å². The Morgan fingerprint density at radius 3 is 2.50 bits per heavy atom. The average molecular weight is 220 g/mol. The zero-order valence-electron chi connectivity index (χ0n) is 9.39. The second-order valence-corrected chi connectivity index (χ2v) is 4.53. The fourth-order valence-corrected chi connectivity index (χ4v) is 1.87. The molecule has 0 aromatic carbocycles. The van der Waals surface area contributed by atoms with Gasteiger partial charge in [0.15, 0.2) is 0 Å². The quantitative estimate of drug-likeness (QED) is 0.770. The second kappa shape index (κ2) is 4.22. The molecular formula is C12H16N2O2. The first kappa shape index (κ1) is 11.1. The molecule has 1 N–H and O–H groups in total. The third kappa shape index (κ3) is 2.39. The number of hydrogen-bond acceptors (Lipinski definition) is 3. The maximum Gasteiger partial charge on any atom is 0.253 e. The highest BCUT2D eigenvalue weighted by molar-refractivity contribution is 5.94. The third-order valence-electron chi connectivity index (χ3n) is 3.06. The van der Waals surface area contributed by atoms with Crippen molar-refractivity contribution in [2.24, 2.45) is 0 Å². The highest BCUT2D eigenvalue weighted by Gasteiger charge is 2.29. The minimum absolute atomic E-state index is 0.0258. The molecule has 2 rings (SSSR count). The first-order chi connectivity index (χ1) is 7.58. The summed E-state index contributed by atoms with van der Waals surface area (Å²) in [5.41, 5.74) is 0.0474. The summed E-state index contributed by atoms with van der Waals surface area (Å²) in [7, 11) is 0. The van der Waals surface area contributed by atoms with E-state index in [1.165, 1.54) is 0 Å². The average Bonchev–Trinajstić information content (AvgIpc) is 2.29. The van der Waals surface area contributed by atoms with Gasteiger partial charge >= 0.3 is 0 Å². The largest absolute Gasteiger partial charge is 0.390 e. The molecular weight excluding hydrogens is 204 g/mol. The van der Waals surface area contributed by atoms with Crippen LogP contribution in [0.25, 0.3) is 0 Å². The molecule has 1 amide bonds. The van der Waals surface area contributed by atoms with E-state index in [4.69, 9.17) is 0 Å². The minimum Gasteiger partial charge on any atom is -0.390 e. The zero-order chi connectivity index (χ0) is 11.6. The molecule has 1 saturated heterocycles. The number of nitrogens with zero attached hydrogens (tertiary/aromatic N) is 2. The van der Waals surface area contributed by atoms with Gasteiger partial charge in [0.05, 0.1) is 5.60 Å². The van der Waals surface area contributed by atoms with Crippen molar-refractivity contribution in [3.8, 4) is 0 Å². The molecule has 0 radical (unpaired) electrons. The molecule has 4 heteroatoms. The van der Waals surface area contributed by atoms with Gasteiger partial charge in [0, 0.05) is 31.0 Å². The molecule has 86 valence electrons. The number of hydrogen-bond donors (Lipinski definition) is 1. The molecule has 1 aliphatic heterocycles. The molecule has 1 aromatic rings. The fourth-order valence-electron chi connectivity index (χ4n) is 1.87. The van der Waals surface area contributed by atoms with E-state index in [2.05, 4.69) is 4.98 Å². The van der Waals surface area contributed by atoms with E-state index < -0.39 is 5.60 Å². The first-order valence-electron chi connectivity index (χ1n) is 5.50. The van der Waals surface area contributed by atoms with Crippen LogP contribution in [0.5, 0.6) is 0 Å². The number of aliphatic hydroxyl groups is 1. The monoisotopic (exact) mass is 220 g/mol. The van der Waals surface area contributed by atoms with Crippen LogP contribution >= 0.6 is 0 Å². The molecule has 2 heterocycles. The molecule has 0 unspecified atom stereocenters. The first-order valence-corrected chi connectivity index (χ1v) is 5.50. The summed E-state index contributed by atoms with van der Waals surface area (Å²) in [6.07, 6.45) is 4.52. The van der Waals surface area contributed by atoms with Gasteiger partial charge in [-0.25, -0.2) is 0 Å². The molecule has 1 aliphatic rings. The lowest BCUT2D eigenvalue weighted by molar-refractivity contribution is -0.00202. The number of carbonyl (C=O) groups excluding carboxylic acids is 1. The van der Waals surface area contributed by atoms with Crippen LogP contribution in [0.1, 0.15) is 30.1 Å². The van der Waals surface area contributed by atoms with Crippen LogP contribution in [-0.4, -0.2) is 39.6 Å². The van der Waals surface area contributed by atoms with Crippen molar-refractivity contribution >= 4 is 5.91 Å². The van der Waals surface area contributed by atoms with Gasteiger partial charge in [-0.1, -0.05) is 0 Å². The number of rotatable bonds is 1. The molecule has 0 bridgehead atoms. The van der Waals surface area contributed by atoms with E-state index in [0.717, 1.165) is 0 Å². The Bertz CT molecular complexity index is 366. The second-order valence-electron chi connectivity index (χ2n) is 4.53. The van der Waals surface area contributed by atoms with E-state index in [1.54, 1.807) is 29.4 Å². The van der Waals surface area contributed by atoms with Gasteiger partial charge in [0.25, 0.3) is 5.91 Å².